The SMILES string of the molecule is CC(=O)/C=C(\C)N1NC(c2ccccc2)=C[C@@H]1c1cccc([N+](=O)[O-])c1. The molecule has 0 aromatic heterocycles. The summed E-state index contributed by atoms with van der Waals surface area (Å²) in [7, 11) is 0. The molecule has 1 N–H and O–H groups in total. The van der Waals surface area contributed by atoms with E-state index in [1.807, 2.05) is 54.4 Å². The lowest BCUT2D eigenvalue weighted by Crippen LogP contribution is -2.32. The number of nitro groups is 1. The minimum Gasteiger partial charge on any atom is -0.297 e. The first-order valence-corrected chi connectivity index (χ1v) is 8.22. The molecular formula is C20H19N3O3. The number of carbonyl (C=O) groups is 1. The zero-order valence-electron chi connectivity index (χ0n) is 14.5. The van der Waals surface area contributed by atoms with Crippen molar-refractivity contribution >= 4 is 17.2 Å². The Labute approximate surface area is 151 Å². The van der Waals surface area contributed by atoms with Crippen LogP contribution >= 0.6 is 0 Å². The predicted molar refractivity (Wildman–Crippen MR) is 99.7 cm³/mol. The second-order valence-electron chi connectivity index (χ2n) is 6.12. The van der Waals surface area contributed by atoms with E-state index in [1.54, 1.807) is 18.2 Å². The van der Waals surface area contributed by atoms with Crippen molar-refractivity contribution in [3.63, 3.8) is 0 Å². The van der Waals surface area contributed by atoms with Crippen LogP contribution in [0.4, 0.5) is 5.69 Å². The first-order valence-electron chi connectivity index (χ1n) is 8.22. The smallest absolute Gasteiger partial charge is 0.269 e. The highest BCUT2D eigenvalue weighted by Crippen LogP contribution is 2.34. The van der Waals surface area contributed by atoms with Gasteiger partial charge in [0.15, 0.2) is 5.78 Å². The molecule has 2 aromatic carbocycles. The first kappa shape index (κ1) is 17.4. The number of hydrogen-bond donors (Lipinski definition) is 1. The van der Waals surface area contributed by atoms with E-state index < -0.39 is 4.92 Å². The van der Waals surface area contributed by atoms with Gasteiger partial charge < -0.3 is 0 Å². The fourth-order valence-corrected chi connectivity index (χ4v) is 2.99. The van der Waals surface area contributed by atoms with Gasteiger partial charge in [0.25, 0.3) is 5.69 Å². The summed E-state index contributed by atoms with van der Waals surface area (Å²) in [6, 6.07) is 16.1. The molecule has 0 spiro atoms. The second kappa shape index (κ2) is 7.23. The van der Waals surface area contributed by atoms with Gasteiger partial charge in [-0.3, -0.25) is 25.3 Å². The number of hydrazine groups is 1. The number of ketones is 1. The molecule has 1 heterocycles. The zero-order chi connectivity index (χ0) is 18.7. The van der Waals surface area contributed by atoms with E-state index in [0.29, 0.717) is 0 Å². The van der Waals surface area contributed by atoms with Crippen LogP contribution in [0.25, 0.3) is 5.70 Å². The van der Waals surface area contributed by atoms with Gasteiger partial charge in [-0.1, -0.05) is 42.5 Å². The maximum absolute atomic E-state index is 11.5. The first-order chi connectivity index (χ1) is 12.5. The number of nitrogens with zero attached hydrogens (tertiary/aromatic N) is 2. The Hall–Kier alpha value is -3.41. The highest BCUT2D eigenvalue weighted by Gasteiger charge is 2.28. The Morgan fingerprint density at radius 2 is 1.88 bits per heavy atom. The van der Waals surface area contributed by atoms with E-state index in [4.69, 9.17) is 0 Å². The third-order valence-corrected chi connectivity index (χ3v) is 4.14. The van der Waals surface area contributed by atoms with Crippen molar-refractivity contribution in [2.24, 2.45) is 0 Å². The summed E-state index contributed by atoms with van der Waals surface area (Å²) < 4.78 is 0. The average Bonchev–Trinajstić information content (AvgIpc) is 3.07. The van der Waals surface area contributed by atoms with Gasteiger partial charge in [0.05, 0.1) is 16.7 Å². The van der Waals surface area contributed by atoms with Crippen LogP contribution in [0.5, 0.6) is 0 Å². The molecule has 1 aliphatic rings. The molecular weight excluding hydrogens is 330 g/mol. The predicted octanol–water partition coefficient (Wildman–Crippen LogP) is 3.99. The number of hydrogen-bond acceptors (Lipinski definition) is 5. The lowest BCUT2D eigenvalue weighted by atomic mass is 10.0. The molecule has 0 saturated heterocycles. The molecule has 6 heteroatoms. The Bertz CT molecular complexity index is 904. The largest absolute Gasteiger partial charge is 0.297 e. The van der Waals surface area contributed by atoms with Gasteiger partial charge in [0.1, 0.15) is 0 Å². The number of benzene rings is 2. The quantitative estimate of drug-likeness (QED) is 0.502. The molecule has 0 aliphatic carbocycles. The third kappa shape index (κ3) is 3.64. The summed E-state index contributed by atoms with van der Waals surface area (Å²) in [5.41, 5.74) is 6.75. The number of rotatable bonds is 5. The Balaban J connectivity index is 2.04. The highest BCUT2D eigenvalue weighted by atomic mass is 16.6. The van der Waals surface area contributed by atoms with Crippen LogP contribution in [0.1, 0.15) is 31.0 Å². The van der Waals surface area contributed by atoms with Crippen LogP contribution < -0.4 is 5.43 Å². The Morgan fingerprint density at radius 3 is 2.54 bits per heavy atom. The lowest BCUT2D eigenvalue weighted by molar-refractivity contribution is -0.384. The molecule has 0 saturated carbocycles. The van der Waals surface area contributed by atoms with Crippen molar-refractivity contribution in [1.29, 1.82) is 0 Å². The van der Waals surface area contributed by atoms with Crippen LogP contribution in [0, 0.1) is 10.1 Å². The van der Waals surface area contributed by atoms with Gasteiger partial charge in [0.2, 0.25) is 0 Å². The summed E-state index contributed by atoms with van der Waals surface area (Å²) in [5.74, 6) is -0.0600. The average molecular weight is 349 g/mol. The molecule has 0 unspecified atom stereocenters. The minimum absolute atomic E-state index is 0.0391. The minimum atomic E-state index is -0.406. The van der Waals surface area contributed by atoms with Crippen molar-refractivity contribution in [1.82, 2.24) is 10.4 Å². The Kier molecular flexibility index (Phi) is 4.84. The van der Waals surface area contributed by atoms with Gasteiger partial charge >= 0.3 is 0 Å². The van der Waals surface area contributed by atoms with Gasteiger partial charge in [-0.05, 0) is 31.1 Å². The van der Waals surface area contributed by atoms with Crippen molar-refractivity contribution in [3.05, 3.63) is 93.7 Å². The second-order valence-corrected chi connectivity index (χ2v) is 6.12. The van der Waals surface area contributed by atoms with Gasteiger partial charge in [-0.15, -0.1) is 0 Å². The molecule has 0 amide bonds. The summed E-state index contributed by atoms with van der Waals surface area (Å²) in [5, 5.41) is 13.0. The van der Waals surface area contributed by atoms with Gasteiger partial charge in [-0.25, -0.2) is 0 Å². The van der Waals surface area contributed by atoms with Crippen LogP contribution in [-0.2, 0) is 4.79 Å². The monoisotopic (exact) mass is 349 g/mol. The summed E-state index contributed by atoms with van der Waals surface area (Å²) in [4.78, 5) is 22.2. The summed E-state index contributed by atoms with van der Waals surface area (Å²) in [6.45, 7) is 3.33. The van der Waals surface area contributed by atoms with E-state index in [1.165, 1.54) is 13.0 Å². The fourth-order valence-electron chi connectivity index (χ4n) is 2.99. The van der Waals surface area contributed by atoms with Crippen LogP contribution in [0.2, 0.25) is 0 Å². The molecule has 0 bridgehead atoms. The number of nitro benzene ring substituents is 1. The fraction of sp³-hybridized carbons (Fsp3) is 0.150. The molecule has 6 nitrogen and oxygen atoms in total. The van der Waals surface area contributed by atoms with Crippen molar-refractivity contribution in [2.45, 2.75) is 19.9 Å². The number of non-ortho nitro benzene ring substituents is 1. The highest BCUT2D eigenvalue weighted by molar-refractivity contribution is 5.87. The zero-order valence-corrected chi connectivity index (χ0v) is 14.5. The normalized spacial score (nSPS) is 16.8. The molecule has 132 valence electrons. The maximum Gasteiger partial charge on any atom is 0.269 e. The molecule has 1 aliphatic heterocycles. The number of nitrogens with one attached hydrogen (secondary N) is 1. The molecule has 1 atom stereocenters. The molecule has 0 fully saturated rings. The molecule has 2 aromatic rings. The van der Waals surface area contributed by atoms with Gasteiger partial charge in [-0.2, -0.15) is 0 Å². The molecule has 3 rings (SSSR count). The molecule has 26 heavy (non-hydrogen) atoms. The van der Waals surface area contributed by atoms with Gasteiger partial charge in [0, 0.05) is 23.9 Å². The van der Waals surface area contributed by atoms with E-state index in [-0.39, 0.29) is 17.5 Å². The summed E-state index contributed by atoms with van der Waals surface area (Å²) in [6.07, 6.45) is 3.55. The van der Waals surface area contributed by atoms with Crippen LogP contribution in [0.3, 0.4) is 0 Å². The topological polar surface area (TPSA) is 75.5 Å². The Morgan fingerprint density at radius 1 is 1.15 bits per heavy atom. The van der Waals surface area contributed by atoms with Crippen molar-refractivity contribution in [2.75, 3.05) is 0 Å². The maximum atomic E-state index is 11.5. The summed E-state index contributed by atoms with van der Waals surface area (Å²) >= 11 is 0. The molecule has 0 radical (unpaired) electrons. The van der Waals surface area contributed by atoms with E-state index in [9.17, 15) is 14.9 Å². The van der Waals surface area contributed by atoms with Crippen molar-refractivity contribution < 1.29 is 9.72 Å². The third-order valence-electron chi connectivity index (χ3n) is 4.14. The lowest BCUT2D eigenvalue weighted by Gasteiger charge is -2.28. The standard InChI is InChI=1S/C20H19N3O3/c1-14(11-15(2)24)22-20(17-9-6-10-18(12-17)23(25)26)13-19(21-22)16-7-4-3-5-8-16/h3-13,20-21H,1-2H3/b14-11+/t20-/m1/s1. The van der Waals surface area contributed by atoms with E-state index in [2.05, 4.69) is 5.43 Å². The van der Waals surface area contributed by atoms with Crippen LogP contribution in [-0.4, -0.2) is 15.7 Å². The van der Waals surface area contributed by atoms with E-state index >= 15 is 0 Å². The number of carbonyl (C=O) groups excluding carboxylic acids is 1. The van der Waals surface area contributed by atoms with E-state index in [0.717, 1.165) is 22.5 Å². The van der Waals surface area contributed by atoms with Crippen LogP contribution in [0.15, 0.2) is 72.4 Å². The van der Waals surface area contributed by atoms with Crippen molar-refractivity contribution in [3.8, 4) is 0 Å². The number of allylic oxidation sites excluding steroid dienone is 2.